The molecule has 0 aromatic carbocycles. The van der Waals surface area contributed by atoms with Crippen molar-refractivity contribution in [3.8, 4) is 0 Å². The minimum Gasteiger partial charge on any atom is -0.320 e. The van der Waals surface area contributed by atoms with Gasteiger partial charge in [-0.05, 0) is 40.0 Å². The lowest BCUT2D eigenvalue weighted by molar-refractivity contribution is 0.488. The Balaban J connectivity index is 2.08. The maximum atomic E-state index is 3.19. The molecule has 11 heavy (non-hydrogen) atoms. The fraction of sp³-hybridized carbons (Fsp3) is 1.00. The third kappa shape index (κ3) is 2.75. The van der Waals surface area contributed by atoms with E-state index in [2.05, 4.69) is 21.5 Å². The number of hydrogen-bond acceptors (Lipinski definition) is 4. The van der Waals surface area contributed by atoms with Crippen LogP contribution in [-0.2, 0) is 0 Å². The van der Waals surface area contributed by atoms with Gasteiger partial charge in [0, 0.05) is 0 Å². The van der Waals surface area contributed by atoms with Crippen molar-refractivity contribution in [2.75, 3.05) is 27.2 Å². The summed E-state index contributed by atoms with van der Waals surface area (Å²) in [5, 5.41) is 6.28. The molecule has 0 saturated carbocycles. The Morgan fingerprint density at radius 1 is 1.00 bits per heavy atom. The standard InChI is InChI=1S/C7H18N4/c1-8-5-3-7(10-11-7)4-6-9-2/h8-11H,3-6H2,1-2H3. The molecule has 0 bridgehead atoms. The first-order valence-corrected chi connectivity index (χ1v) is 4.16. The predicted octanol–water partition coefficient (Wildman–Crippen LogP) is -0.990. The molecule has 1 fully saturated rings. The first kappa shape index (κ1) is 8.93. The van der Waals surface area contributed by atoms with Crippen molar-refractivity contribution in [2.45, 2.75) is 18.5 Å². The number of hydrogen-bond donors (Lipinski definition) is 4. The van der Waals surface area contributed by atoms with Crippen molar-refractivity contribution in [3.63, 3.8) is 0 Å². The molecule has 0 radical (unpaired) electrons. The maximum absolute atomic E-state index is 3.19. The van der Waals surface area contributed by atoms with E-state index in [0.717, 1.165) is 25.9 Å². The lowest BCUT2D eigenvalue weighted by Crippen LogP contribution is -2.27. The molecule has 1 aliphatic rings. The Morgan fingerprint density at radius 3 is 1.73 bits per heavy atom. The largest absolute Gasteiger partial charge is 0.320 e. The highest BCUT2D eigenvalue weighted by atomic mass is 15.7. The van der Waals surface area contributed by atoms with Gasteiger partial charge < -0.3 is 10.6 Å². The lowest BCUT2D eigenvalue weighted by Gasteiger charge is -2.10. The van der Waals surface area contributed by atoms with Crippen molar-refractivity contribution < 1.29 is 0 Å². The molecule has 1 heterocycles. The second-order valence-corrected chi connectivity index (χ2v) is 3.04. The van der Waals surface area contributed by atoms with E-state index >= 15 is 0 Å². The quantitative estimate of drug-likeness (QED) is 0.375. The smallest absolute Gasteiger partial charge is 0.0967 e. The van der Waals surface area contributed by atoms with Crippen LogP contribution in [0.25, 0.3) is 0 Å². The Morgan fingerprint density at radius 2 is 1.45 bits per heavy atom. The highest BCUT2D eigenvalue weighted by Crippen LogP contribution is 2.18. The lowest BCUT2D eigenvalue weighted by atomic mass is 10.1. The van der Waals surface area contributed by atoms with Crippen LogP contribution in [0.1, 0.15) is 12.8 Å². The summed E-state index contributed by atoms with van der Waals surface area (Å²) in [4.78, 5) is 0. The fourth-order valence-corrected chi connectivity index (χ4v) is 1.14. The van der Waals surface area contributed by atoms with E-state index in [0.29, 0.717) is 0 Å². The Bertz CT molecular complexity index is 101. The van der Waals surface area contributed by atoms with Crippen LogP contribution in [0.4, 0.5) is 0 Å². The zero-order chi connectivity index (χ0) is 8.16. The zero-order valence-electron chi connectivity index (χ0n) is 7.33. The van der Waals surface area contributed by atoms with Crippen LogP contribution >= 0.6 is 0 Å². The summed E-state index contributed by atoms with van der Waals surface area (Å²) in [7, 11) is 3.96. The molecule has 0 aromatic rings. The second kappa shape index (κ2) is 4.01. The van der Waals surface area contributed by atoms with E-state index in [1.165, 1.54) is 0 Å². The van der Waals surface area contributed by atoms with Gasteiger partial charge in [0.05, 0.1) is 5.66 Å². The molecule has 1 rings (SSSR count). The number of rotatable bonds is 6. The second-order valence-electron chi connectivity index (χ2n) is 3.04. The first-order valence-electron chi connectivity index (χ1n) is 4.16. The van der Waals surface area contributed by atoms with Crippen molar-refractivity contribution in [1.29, 1.82) is 0 Å². The summed E-state index contributed by atoms with van der Waals surface area (Å²) in [6.45, 7) is 2.12. The Hall–Kier alpha value is -0.160. The van der Waals surface area contributed by atoms with Gasteiger partial charge in [0.15, 0.2) is 0 Å². The Kier molecular flexibility index (Phi) is 3.26. The molecule has 0 aliphatic carbocycles. The molecule has 1 saturated heterocycles. The molecule has 0 spiro atoms. The van der Waals surface area contributed by atoms with E-state index in [9.17, 15) is 0 Å². The van der Waals surface area contributed by atoms with Crippen LogP contribution in [-0.4, -0.2) is 32.8 Å². The van der Waals surface area contributed by atoms with Gasteiger partial charge >= 0.3 is 0 Å². The molecule has 4 heteroatoms. The van der Waals surface area contributed by atoms with Crippen molar-refractivity contribution in [3.05, 3.63) is 0 Å². The van der Waals surface area contributed by atoms with Gasteiger partial charge in [0.2, 0.25) is 0 Å². The van der Waals surface area contributed by atoms with Gasteiger partial charge in [0.1, 0.15) is 0 Å². The van der Waals surface area contributed by atoms with E-state index in [4.69, 9.17) is 0 Å². The summed E-state index contributed by atoms with van der Waals surface area (Å²) in [6.07, 6.45) is 2.29. The highest BCUT2D eigenvalue weighted by Gasteiger charge is 2.39. The monoisotopic (exact) mass is 158 g/mol. The minimum atomic E-state index is 0.228. The summed E-state index contributed by atoms with van der Waals surface area (Å²) in [5.74, 6) is 0. The van der Waals surface area contributed by atoms with Gasteiger partial charge in [-0.3, -0.25) is 0 Å². The number of nitrogens with one attached hydrogen (secondary N) is 4. The van der Waals surface area contributed by atoms with Crippen LogP contribution < -0.4 is 21.5 Å². The van der Waals surface area contributed by atoms with Crippen molar-refractivity contribution in [1.82, 2.24) is 21.5 Å². The minimum absolute atomic E-state index is 0.228. The third-order valence-corrected chi connectivity index (χ3v) is 2.08. The van der Waals surface area contributed by atoms with Crippen molar-refractivity contribution >= 4 is 0 Å². The Labute approximate surface area is 68.1 Å². The predicted molar refractivity (Wildman–Crippen MR) is 46.1 cm³/mol. The van der Waals surface area contributed by atoms with Crippen molar-refractivity contribution in [2.24, 2.45) is 0 Å². The topological polar surface area (TPSA) is 67.9 Å². The normalized spacial score (nSPS) is 20.2. The van der Waals surface area contributed by atoms with Crippen LogP contribution in [0.2, 0.25) is 0 Å². The average molecular weight is 158 g/mol. The highest BCUT2D eigenvalue weighted by molar-refractivity contribution is 4.94. The molecule has 0 atom stereocenters. The molecule has 66 valence electrons. The van der Waals surface area contributed by atoms with Crippen LogP contribution in [0.5, 0.6) is 0 Å². The SMILES string of the molecule is CNCCC1(CCNC)NN1. The van der Waals surface area contributed by atoms with Gasteiger partial charge in [-0.15, -0.1) is 0 Å². The van der Waals surface area contributed by atoms with E-state index in [-0.39, 0.29) is 5.66 Å². The van der Waals surface area contributed by atoms with Gasteiger partial charge in [-0.1, -0.05) is 0 Å². The third-order valence-electron chi connectivity index (χ3n) is 2.08. The van der Waals surface area contributed by atoms with E-state index in [1.54, 1.807) is 0 Å². The van der Waals surface area contributed by atoms with Gasteiger partial charge in [-0.2, -0.15) is 0 Å². The zero-order valence-corrected chi connectivity index (χ0v) is 7.33. The summed E-state index contributed by atoms with van der Waals surface area (Å²) >= 11 is 0. The molecule has 0 amide bonds. The maximum Gasteiger partial charge on any atom is 0.0967 e. The van der Waals surface area contributed by atoms with Gasteiger partial charge in [0.25, 0.3) is 0 Å². The fourth-order valence-electron chi connectivity index (χ4n) is 1.14. The molecule has 0 aromatic heterocycles. The van der Waals surface area contributed by atoms with E-state index < -0.39 is 0 Å². The molecular weight excluding hydrogens is 140 g/mol. The average Bonchev–Trinajstić information content (AvgIpc) is 2.79. The van der Waals surface area contributed by atoms with E-state index in [1.807, 2.05) is 14.1 Å². The molecule has 0 unspecified atom stereocenters. The molecule has 1 aliphatic heterocycles. The molecule has 4 N–H and O–H groups in total. The van der Waals surface area contributed by atoms with Crippen LogP contribution in [0.15, 0.2) is 0 Å². The van der Waals surface area contributed by atoms with Crippen LogP contribution in [0, 0.1) is 0 Å². The first-order chi connectivity index (χ1) is 5.33. The molecule has 4 nitrogen and oxygen atoms in total. The summed E-state index contributed by atoms with van der Waals surface area (Å²) < 4.78 is 0. The molecular formula is C7H18N4. The van der Waals surface area contributed by atoms with Gasteiger partial charge in [-0.25, -0.2) is 10.9 Å². The summed E-state index contributed by atoms with van der Waals surface area (Å²) in [5.41, 5.74) is 6.60. The number of hydrazine groups is 1. The summed E-state index contributed by atoms with van der Waals surface area (Å²) in [6, 6.07) is 0. The van der Waals surface area contributed by atoms with Crippen LogP contribution in [0.3, 0.4) is 0 Å².